The molecular weight excluding hydrogens is 507 g/mol. The summed E-state index contributed by atoms with van der Waals surface area (Å²) in [5.74, 6) is -3.03. The van der Waals surface area contributed by atoms with E-state index in [9.17, 15) is 18.8 Å². The lowest BCUT2D eigenvalue weighted by atomic mass is 10.1. The zero-order valence-corrected chi connectivity index (χ0v) is 19.0. The van der Waals surface area contributed by atoms with E-state index in [1.165, 1.54) is 42.5 Å². The maximum atomic E-state index is 14.3. The van der Waals surface area contributed by atoms with Crippen molar-refractivity contribution in [1.29, 1.82) is 0 Å². The average Bonchev–Trinajstić information content (AvgIpc) is 2.72. The number of anilines is 1. The number of benzene rings is 2. The van der Waals surface area contributed by atoms with Crippen LogP contribution in [0, 0.1) is 5.82 Å². The molecule has 0 bridgehead atoms. The van der Waals surface area contributed by atoms with E-state index in [1.807, 2.05) is 0 Å². The molecule has 1 fully saturated rings. The molecule has 1 heterocycles. The summed E-state index contributed by atoms with van der Waals surface area (Å²) in [7, 11) is 0. The van der Waals surface area contributed by atoms with E-state index >= 15 is 0 Å². The summed E-state index contributed by atoms with van der Waals surface area (Å²) >= 11 is 8.36. The number of nitrogens with one attached hydrogen (secondary N) is 1. The van der Waals surface area contributed by atoms with Gasteiger partial charge < -0.3 is 14.6 Å². The first-order valence-electron chi connectivity index (χ1n) is 9.19. The number of carbonyl (C=O) groups excluding carboxylic acids is 2. The topological polar surface area (TPSA) is 105 Å². The number of thiocarbonyl (C=S) groups is 1. The fraction of sp³-hybridized carbons (Fsp3) is 0.143. The summed E-state index contributed by atoms with van der Waals surface area (Å²) in [6.45, 7) is 1.39. The van der Waals surface area contributed by atoms with Gasteiger partial charge in [-0.05, 0) is 71.0 Å². The third kappa shape index (κ3) is 4.94. The molecule has 3 rings (SSSR count). The minimum atomic E-state index is -1.17. The molecule has 166 valence electrons. The van der Waals surface area contributed by atoms with Crippen LogP contribution in [-0.2, 0) is 14.4 Å². The van der Waals surface area contributed by atoms with Crippen molar-refractivity contribution in [2.75, 3.05) is 18.1 Å². The molecule has 0 aliphatic carbocycles. The molecule has 0 spiro atoms. The molecule has 2 N–H and O–H groups in total. The lowest BCUT2D eigenvalue weighted by molar-refractivity contribution is -0.139. The molecule has 0 unspecified atom stereocenters. The molecule has 0 atom stereocenters. The lowest BCUT2D eigenvalue weighted by Gasteiger charge is -2.29. The van der Waals surface area contributed by atoms with Gasteiger partial charge >= 0.3 is 5.97 Å². The highest BCUT2D eigenvalue weighted by Gasteiger charge is 2.35. The summed E-state index contributed by atoms with van der Waals surface area (Å²) in [4.78, 5) is 37.3. The number of para-hydroxylation sites is 1. The maximum absolute atomic E-state index is 14.3. The quantitative estimate of drug-likeness (QED) is 0.326. The van der Waals surface area contributed by atoms with Gasteiger partial charge in [0.15, 0.2) is 23.2 Å². The number of aliphatic carboxylic acids is 1. The van der Waals surface area contributed by atoms with Gasteiger partial charge in [-0.1, -0.05) is 12.1 Å². The van der Waals surface area contributed by atoms with Crippen LogP contribution in [0.1, 0.15) is 12.5 Å². The summed E-state index contributed by atoms with van der Waals surface area (Å²) in [6.07, 6.45) is 1.29. The highest BCUT2D eigenvalue weighted by atomic mass is 79.9. The number of ether oxygens (including phenoxy) is 2. The number of carbonyl (C=O) groups is 3. The molecule has 2 aromatic rings. The van der Waals surface area contributed by atoms with Crippen LogP contribution in [0.4, 0.5) is 10.1 Å². The second-order valence-corrected chi connectivity index (χ2v) is 7.60. The molecule has 0 aromatic heterocycles. The van der Waals surface area contributed by atoms with Gasteiger partial charge in [0.2, 0.25) is 0 Å². The summed E-state index contributed by atoms with van der Waals surface area (Å²) in [5, 5.41) is 11.0. The Labute approximate surface area is 195 Å². The molecule has 0 saturated carbocycles. The number of carboxylic acids is 1. The van der Waals surface area contributed by atoms with E-state index in [0.717, 1.165) is 4.90 Å². The van der Waals surface area contributed by atoms with E-state index in [0.29, 0.717) is 10.0 Å². The molecule has 32 heavy (non-hydrogen) atoms. The third-order valence-corrected chi connectivity index (χ3v) is 5.05. The van der Waals surface area contributed by atoms with Crippen molar-refractivity contribution in [2.45, 2.75) is 6.92 Å². The Kier molecular flexibility index (Phi) is 7.21. The van der Waals surface area contributed by atoms with Crippen molar-refractivity contribution in [3.63, 3.8) is 0 Å². The van der Waals surface area contributed by atoms with Crippen LogP contribution >= 0.6 is 28.1 Å². The summed E-state index contributed by atoms with van der Waals surface area (Å²) in [6, 6.07) is 8.55. The SMILES string of the molecule is CCOc1cc(/C=C2\C(=O)NC(=S)N(c3ccccc3F)C2=O)cc(Br)c1OCC(=O)O. The van der Waals surface area contributed by atoms with Crippen molar-refractivity contribution in [3.8, 4) is 11.5 Å². The van der Waals surface area contributed by atoms with Crippen molar-refractivity contribution in [3.05, 3.63) is 57.8 Å². The smallest absolute Gasteiger partial charge is 0.341 e. The largest absolute Gasteiger partial charge is 0.490 e. The molecule has 0 radical (unpaired) electrons. The Morgan fingerprint density at radius 3 is 2.66 bits per heavy atom. The molecule has 2 amide bonds. The first-order chi connectivity index (χ1) is 15.2. The van der Waals surface area contributed by atoms with Gasteiger partial charge in [0.1, 0.15) is 11.4 Å². The van der Waals surface area contributed by atoms with Crippen LogP contribution in [0.25, 0.3) is 6.08 Å². The number of carboxylic acid groups (broad SMARTS) is 1. The van der Waals surface area contributed by atoms with Gasteiger partial charge in [0.25, 0.3) is 11.8 Å². The fourth-order valence-corrected chi connectivity index (χ4v) is 3.73. The van der Waals surface area contributed by atoms with Gasteiger partial charge in [-0.25, -0.2) is 14.1 Å². The molecule has 8 nitrogen and oxygen atoms in total. The average molecular weight is 523 g/mol. The Morgan fingerprint density at radius 1 is 1.28 bits per heavy atom. The first kappa shape index (κ1) is 23.4. The van der Waals surface area contributed by atoms with Crippen LogP contribution in [0.2, 0.25) is 0 Å². The van der Waals surface area contributed by atoms with Crippen LogP contribution < -0.4 is 19.7 Å². The predicted octanol–water partition coefficient (Wildman–Crippen LogP) is 3.28. The van der Waals surface area contributed by atoms with Crippen molar-refractivity contribution in [2.24, 2.45) is 0 Å². The Bertz CT molecular complexity index is 1150. The molecule has 1 aliphatic rings. The number of amides is 2. The zero-order valence-electron chi connectivity index (χ0n) is 16.6. The zero-order chi connectivity index (χ0) is 23.4. The standard InChI is InChI=1S/C21H16BrFN2O6S/c1-2-30-16-9-11(8-13(22)18(16)31-10-17(26)27)7-12-19(28)24-21(32)25(20(12)29)15-6-4-3-5-14(15)23/h3-9H,2,10H2,1H3,(H,26,27)(H,24,28,32)/b12-7+. The van der Waals surface area contributed by atoms with E-state index < -0.39 is 30.2 Å². The first-order valence-corrected chi connectivity index (χ1v) is 10.4. The Hall–Kier alpha value is -3.31. The van der Waals surface area contributed by atoms with Crippen molar-refractivity contribution in [1.82, 2.24) is 5.32 Å². The minimum absolute atomic E-state index is 0.0954. The molecule has 11 heteroatoms. The van der Waals surface area contributed by atoms with E-state index in [-0.39, 0.29) is 34.5 Å². The second-order valence-electron chi connectivity index (χ2n) is 6.35. The molecular formula is C21H16BrFN2O6S. The van der Waals surface area contributed by atoms with E-state index in [4.69, 9.17) is 26.8 Å². The number of hydrogen-bond acceptors (Lipinski definition) is 6. The van der Waals surface area contributed by atoms with Crippen LogP contribution in [0.5, 0.6) is 11.5 Å². The number of rotatable bonds is 7. The fourth-order valence-electron chi connectivity index (χ4n) is 2.88. The number of nitrogens with zero attached hydrogens (tertiary/aromatic N) is 1. The number of hydrogen-bond donors (Lipinski definition) is 2. The monoisotopic (exact) mass is 522 g/mol. The minimum Gasteiger partial charge on any atom is -0.490 e. The van der Waals surface area contributed by atoms with Gasteiger partial charge in [0.05, 0.1) is 16.8 Å². The van der Waals surface area contributed by atoms with Crippen LogP contribution in [-0.4, -0.2) is 41.2 Å². The van der Waals surface area contributed by atoms with Crippen molar-refractivity contribution >= 4 is 62.8 Å². The Balaban J connectivity index is 2.03. The van der Waals surface area contributed by atoms with Gasteiger partial charge in [-0.2, -0.15) is 0 Å². The highest BCUT2D eigenvalue weighted by Crippen LogP contribution is 2.38. The summed E-state index contributed by atoms with van der Waals surface area (Å²) in [5.41, 5.74) is 0.000197. The van der Waals surface area contributed by atoms with Crippen molar-refractivity contribution < 1.29 is 33.4 Å². The van der Waals surface area contributed by atoms with Crippen LogP contribution in [0.15, 0.2) is 46.4 Å². The number of halogens is 2. The summed E-state index contributed by atoms with van der Waals surface area (Å²) < 4.78 is 25.4. The molecule has 2 aromatic carbocycles. The third-order valence-electron chi connectivity index (χ3n) is 4.18. The van der Waals surface area contributed by atoms with E-state index in [1.54, 1.807) is 6.92 Å². The maximum Gasteiger partial charge on any atom is 0.341 e. The van der Waals surface area contributed by atoms with Crippen LogP contribution in [0.3, 0.4) is 0 Å². The van der Waals surface area contributed by atoms with Gasteiger partial charge in [-0.15, -0.1) is 0 Å². The Morgan fingerprint density at radius 2 is 2.00 bits per heavy atom. The molecule has 1 aliphatic heterocycles. The second kappa shape index (κ2) is 9.88. The lowest BCUT2D eigenvalue weighted by Crippen LogP contribution is -2.54. The molecule has 1 saturated heterocycles. The van der Waals surface area contributed by atoms with Gasteiger partial charge in [-0.3, -0.25) is 14.9 Å². The predicted molar refractivity (Wildman–Crippen MR) is 121 cm³/mol. The van der Waals surface area contributed by atoms with E-state index in [2.05, 4.69) is 21.2 Å². The van der Waals surface area contributed by atoms with Gasteiger partial charge in [0, 0.05) is 0 Å². The normalized spacial score (nSPS) is 15.0. The highest BCUT2D eigenvalue weighted by molar-refractivity contribution is 9.10.